The lowest BCUT2D eigenvalue weighted by molar-refractivity contribution is 0.190. The SMILES string of the molecule is Cc1cc(N2CCC(NC(=O)N(C)C(c3ccccc3)c3ncc[nH]3)CC2)n[nH]1. The van der Waals surface area contributed by atoms with E-state index in [1.165, 1.54) is 0 Å². The van der Waals surface area contributed by atoms with Gasteiger partial charge in [0.2, 0.25) is 0 Å². The van der Waals surface area contributed by atoms with Crippen LogP contribution in [0.4, 0.5) is 10.6 Å². The van der Waals surface area contributed by atoms with E-state index in [2.05, 4.69) is 36.4 Å². The summed E-state index contributed by atoms with van der Waals surface area (Å²) in [5, 5.41) is 10.5. The number of anilines is 1. The number of benzene rings is 1. The third-order valence-electron chi connectivity index (χ3n) is 5.44. The number of nitrogens with zero attached hydrogens (tertiary/aromatic N) is 4. The number of aryl methyl sites for hydroxylation is 1. The van der Waals surface area contributed by atoms with Crippen LogP contribution in [0.1, 0.15) is 36.0 Å². The first-order valence-corrected chi connectivity index (χ1v) is 9.96. The van der Waals surface area contributed by atoms with Gasteiger partial charge in [0, 0.05) is 50.3 Å². The van der Waals surface area contributed by atoms with Crippen molar-refractivity contribution in [2.75, 3.05) is 25.0 Å². The van der Waals surface area contributed by atoms with Gasteiger partial charge in [0.15, 0.2) is 5.82 Å². The molecule has 0 spiro atoms. The molecule has 3 heterocycles. The highest BCUT2D eigenvalue weighted by atomic mass is 16.2. The first-order valence-electron chi connectivity index (χ1n) is 9.96. The highest BCUT2D eigenvalue weighted by molar-refractivity contribution is 5.75. The molecule has 2 aromatic heterocycles. The van der Waals surface area contributed by atoms with Crippen LogP contribution in [0.5, 0.6) is 0 Å². The molecular formula is C21H27N7O. The second-order valence-electron chi connectivity index (χ2n) is 7.52. The fraction of sp³-hybridized carbons (Fsp3) is 0.381. The van der Waals surface area contributed by atoms with E-state index < -0.39 is 0 Å². The van der Waals surface area contributed by atoms with Gasteiger partial charge in [0.25, 0.3) is 0 Å². The fourth-order valence-electron chi connectivity index (χ4n) is 3.84. The molecule has 0 saturated carbocycles. The quantitative estimate of drug-likeness (QED) is 0.621. The van der Waals surface area contributed by atoms with Crippen LogP contribution < -0.4 is 10.2 Å². The molecule has 3 N–H and O–H groups in total. The summed E-state index contributed by atoms with van der Waals surface area (Å²) >= 11 is 0. The van der Waals surface area contributed by atoms with Crippen LogP contribution >= 0.6 is 0 Å². The van der Waals surface area contributed by atoms with Crippen molar-refractivity contribution >= 4 is 11.8 Å². The average Bonchev–Trinajstić information content (AvgIpc) is 3.42. The predicted octanol–water partition coefficient (Wildman–Crippen LogP) is 2.84. The third kappa shape index (κ3) is 4.26. The number of amides is 2. The van der Waals surface area contributed by atoms with Crippen LogP contribution in [0.3, 0.4) is 0 Å². The molecule has 2 amide bonds. The number of hydrogen-bond acceptors (Lipinski definition) is 4. The number of carbonyl (C=O) groups is 1. The Morgan fingerprint density at radius 1 is 1.28 bits per heavy atom. The zero-order chi connectivity index (χ0) is 20.2. The molecule has 4 rings (SSSR count). The van der Waals surface area contributed by atoms with E-state index in [1.807, 2.05) is 44.3 Å². The summed E-state index contributed by atoms with van der Waals surface area (Å²) in [5.74, 6) is 1.73. The van der Waals surface area contributed by atoms with Gasteiger partial charge >= 0.3 is 6.03 Å². The number of H-pyrrole nitrogens is 2. The molecular weight excluding hydrogens is 366 g/mol. The van der Waals surface area contributed by atoms with Crippen molar-refractivity contribution in [1.82, 2.24) is 30.4 Å². The van der Waals surface area contributed by atoms with E-state index >= 15 is 0 Å². The Hall–Kier alpha value is -3.29. The maximum absolute atomic E-state index is 13.0. The highest BCUT2D eigenvalue weighted by Gasteiger charge is 2.28. The number of carbonyl (C=O) groups excluding carboxylic acids is 1. The number of piperidine rings is 1. The number of nitrogens with one attached hydrogen (secondary N) is 3. The van der Waals surface area contributed by atoms with Gasteiger partial charge in [-0.3, -0.25) is 5.10 Å². The predicted molar refractivity (Wildman–Crippen MR) is 112 cm³/mol. The summed E-state index contributed by atoms with van der Waals surface area (Å²) in [6, 6.07) is 11.8. The van der Waals surface area contributed by atoms with Crippen LogP contribution in [0.2, 0.25) is 0 Å². The van der Waals surface area contributed by atoms with E-state index in [4.69, 9.17) is 0 Å². The standard InChI is InChI=1S/C21H27N7O/c1-15-14-18(26-25-15)28-12-8-17(9-13-28)24-21(29)27(2)19(20-22-10-11-23-20)16-6-4-3-5-7-16/h3-7,10-11,14,17,19H,8-9,12-13H2,1-2H3,(H,22,23)(H,24,29)(H,25,26). The minimum absolute atomic E-state index is 0.0932. The van der Waals surface area contributed by atoms with Gasteiger partial charge in [-0.15, -0.1) is 0 Å². The van der Waals surface area contributed by atoms with Gasteiger partial charge in [-0.05, 0) is 25.3 Å². The molecule has 1 aliphatic heterocycles. The number of aromatic amines is 2. The van der Waals surface area contributed by atoms with Crippen LogP contribution in [-0.2, 0) is 0 Å². The van der Waals surface area contributed by atoms with Crippen molar-refractivity contribution in [3.05, 3.63) is 65.9 Å². The van der Waals surface area contributed by atoms with Gasteiger partial charge in [0.05, 0.1) is 0 Å². The first kappa shape index (κ1) is 19.0. The molecule has 0 bridgehead atoms. The molecule has 1 fully saturated rings. The van der Waals surface area contributed by atoms with Gasteiger partial charge in [-0.25, -0.2) is 9.78 Å². The van der Waals surface area contributed by atoms with Crippen LogP contribution in [0.15, 0.2) is 48.8 Å². The number of rotatable bonds is 5. The van der Waals surface area contributed by atoms with Gasteiger partial charge in [-0.1, -0.05) is 30.3 Å². The number of aromatic nitrogens is 4. The fourth-order valence-corrected chi connectivity index (χ4v) is 3.84. The van der Waals surface area contributed by atoms with E-state index in [-0.39, 0.29) is 18.1 Å². The lowest BCUT2D eigenvalue weighted by Gasteiger charge is -2.34. The Bertz CT molecular complexity index is 914. The zero-order valence-electron chi connectivity index (χ0n) is 16.8. The third-order valence-corrected chi connectivity index (χ3v) is 5.44. The average molecular weight is 393 g/mol. The molecule has 0 aliphatic carbocycles. The molecule has 3 aromatic rings. The highest BCUT2D eigenvalue weighted by Crippen LogP contribution is 2.25. The van der Waals surface area contributed by atoms with Crippen LogP contribution in [0.25, 0.3) is 0 Å². The molecule has 8 nitrogen and oxygen atoms in total. The molecule has 0 radical (unpaired) electrons. The molecule has 1 aliphatic rings. The minimum Gasteiger partial charge on any atom is -0.355 e. The van der Waals surface area contributed by atoms with Crippen molar-refractivity contribution in [3.63, 3.8) is 0 Å². The normalized spacial score (nSPS) is 15.9. The van der Waals surface area contributed by atoms with Crippen molar-refractivity contribution in [3.8, 4) is 0 Å². The second-order valence-corrected chi connectivity index (χ2v) is 7.52. The Morgan fingerprint density at radius 3 is 2.66 bits per heavy atom. The number of hydrogen-bond donors (Lipinski definition) is 3. The Balaban J connectivity index is 1.40. The van der Waals surface area contributed by atoms with Crippen molar-refractivity contribution < 1.29 is 4.79 Å². The molecule has 1 saturated heterocycles. The van der Waals surface area contributed by atoms with Crippen molar-refractivity contribution in [1.29, 1.82) is 0 Å². The topological polar surface area (TPSA) is 92.9 Å². The van der Waals surface area contributed by atoms with E-state index in [0.717, 1.165) is 48.8 Å². The summed E-state index contributed by atoms with van der Waals surface area (Å²) in [6.45, 7) is 3.75. The monoisotopic (exact) mass is 393 g/mol. The lowest BCUT2D eigenvalue weighted by atomic mass is 10.0. The Morgan fingerprint density at radius 2 is 2.03 bits per heavy atom. The number of urea groups is 1. The summed E-state index contributed by atoms with van der Waals surface area (Å²) in [5.41, 5.74) is 2.07. The van der Waals surface area contributed by atoms with E-state index in [1.54, 1.807) is 17.3 Å². The van der Waals surface area contributed by atoms with Gasteiger partial charge in [0.1, 0.15) is 11.9 Å². The first-order chi connectivity index (χ1) is 14.1. The summed E-state index contributed by atoms with van der Waals surface area (Å²) in [6.07, 6.45) is 5.28. The van der Waals surface area contributed by atoms with Crippen LogP contribution in [0, 0.1) is 6.92 Å². The molecule has 29 heavy (non-hydrogen) atoms. The largest absolute Gasteiger partial charge is 0.355 e. The lowest BCUT2D eigenvalue weighted by Crippen LogP contribution is -2.49. The smallest absolute Gasteiger partial charge is 0.318 e. The molecule has 1 aromatic carbocycles. The molecule has 8 heteroatoms. The van der Waals surface area contributed by atoms with E-state index in [0.29, 0.717) is 0 Å². The second kappa shape index (κ2) is 8.38. The maximum Gasteiger partial charge on any atom is 0.318 e. The molecule has 1 atom stereocenters. The van der Waals surface area contributed by atoms with Gasteiger partial charge < -0.3 is 20.1 Å². The summed E-state index contributed by atoms with van der Waals surface area (Å²) in [7, 11) is 1.82. The minimum atomic E-state index is -0.265. The zero-order valence-corrected chi connectivity index (χ0v) is 16.8. The van der Waals surface area contributed by atoms with Crippen molar-refractivity contribution in [2.24, 2.45) is 0 Å². The van der Waals surface area contributed by atoms with Crippen molar-refractivity contribution in [2.45, 2.75) is 31.8 Å². The maximum atomic E-state index is 13.0. The molecule has 1 unspecified atom stereocenters. The van der Waals surface area contributed by atoms with Crippen LogP contribution in [-0.4, -0.2) is 57.3 Å². The molecule has 152 valence electrons. The van der Waals surface area contributed by atoms with Gasteiger partial charge in [-0.2, -0.15) is 5.10 Å². The summed E-state index contributed by atoms with van der Waals surface area (Å²) < 4.78 is 0. The Labute approximate surface area is 170 Å². The summed E-state index contributed by atoms with van der Waals surface area (Å²) in [4.78, 5) is 24.5. The number of imidazole rings is 1. The Kier molecular flexibility index (Phi) is 5.50. The van der Waals surface area contributed by atoms with E-state index in [9.17, 15) is 4.79 Å².